The van der Waals surface area contributed by atoms with Crippen molar-refractivity contribution in [2.75, 3.05) is 18.4 Å². The summed E-state index contributed by atoms with van der Waals surface area (Å²) in [7, 11) is 0. The maximum Gasteiger partial charge on any atom is 0.315 e. The smallest absolute Gasteiger partial charge is 0.315 e. The second-order valence-corrected chi connectivity index (χ2v) is 6.07. The van der Waals surface area contributed by atoms with E-state index in [1.54, 1.807) is 0 Å². The predicted octanol–water partition coefficient (Wildman–Crippen LogP) is 3.37. The molecule has 5 heteroatoms. The van der Waals surface area contributed by atoms with Crippen LogP contribution in [0.5, 0.6) is 0 Å². The van der Waals surface area contributed by atoms with Gasteiger partial charge in [0, 0.05) is 6.54 Å². The molecular formula is C15H28N4O. The fourth-order valence-electron chi connectivity index (χ4n) is 2.88. The molecule has 114 valence electrons. The predicted molar refractivity (Wildman–Crippen MR) is 80.6 cm³/mol. The summed E-state index contributed by atoms with van der Waals surface area (Å²) >= 11 is 0. The first kappa shape index (κ1) is 15.3. The number of rotatable bonds is 7. The summed E-state index contributed by atoms with van der Waals surface area (Å²) in [6, 6.07) is 0.664. The zero-order valence-electron chi connectivity index (χ0n) is 13.0. The molecule has 1 aliphatic carbocycles. The second-order valence-electron chi connectivity index (χ2n) is 6.07. The summed E-state index contributed by atoms with van der Waals surface area (Å²) in [5.41, 5.74) is 0. The van der Waals surface area contributed by atoms with E-state index in [2.05, 4.69) is 34.7 Å². The molecule has 2 N–H and O–H groups in total. The highest BCUT2D eigenvalue weighted by Crippen LogP contribution is 2.30. The lowest BCUT2D eigenvalue weighted by molar-refractivity contribution is 0.281. The van der Waals surface area contributed by atoms with Crippen LogP contribution < -0.4 is 10.6 Å². The van der Waals surface area contributed by atoms with Crippen LogP contribution in [0.3, 0.4) is 0 Å². The molecule has 0 radical (unpaired) electrons. The molecule has 5 nitrogen and oxygen atoms in total. The molecule has 1 heterocycles. The molecule has 1 fully saturated rings. The van der Waals surface area contributed by atoms with E-state index in [9.17, 15) is 0 Å². The van der Waals surface area contributed by atoms with E-state index in [-0.39, 0.29) is 6.04 Å². The van der Waals surface area contributed by atoms with E-state index in [0.717, 1.165) is 24.9 Å². The maximum absolute atomic E-state index is 5.61. The lowest BCUT2D eigenvalue weighted by atomic mass is 9.81. The third-order valence-corrected chi connectivity index (χ3v) is 4.29. The van der Waals surface area contributed by atoms with Gasteiger partial charge in [-0.3, -0.25) is 0 Å². The van der Waals surface area contributed by atoms with Crippen molar-refractivity contribution in [2.45, 2.75) is 58.9 Å². The van der Waals surface area contributed by atoms with E-state index < -0.39 is 0 Å². The number of aromatic nitrogens is 2. The molecule has 0 saturated heterocycles. The van der Waals surface area contributed by atoms with Crippen molar-refractivity contribution in [3.63, 3.8) is 0 Å². The molecule has 1 aliphatic rings. The van der Waals surface area contributed by atoms with Crippen molar-refractivity contribution in [1.29, 1.82) is 0 Å². The number of anilines is 1. The van der Waals surface area contributed by atoms with Gasteiger partial charge in [-0.25, -0.2) is 0 Å². The molecule has 1 unspecified atom stereocenters. The highest BCUT2D eigenvalue weighted by molar-refractivity contribution is 5.17. The first-order chi connectivity index (χ1) is 9.69. The summed E-state index contributed by atoms with van der Waals surface area (Å²) in [5.74, 6) is 2.44. The third-order valence-electron chi connectivity index (χ3n) is 4.29. The minimum atomic E-state index is 0.114. The SMILES string of the molecule is CCNC(C)c1nnc(NCCC2CCC(C)CC2)o1. The van der Waals surface area contributed by atoms with Gasteiger partial charge in [0.1, 0.15) is 0 Å². The third kappa shape index (κ3) is 4.47. The Labute approximate surface area is 121 Å². The van der Waals surface area contributed by atoms with Gasteiger partial charge in [-0.05, 0) is 31.7 Å². The Balaban J connectivity index is 1.69. The molecule has 0 spiro atoms. The Hall–Kier alpha value is -1.10. The van der Waals surface area contributed by atoms with Crippen molar-refractivity contribution in [1.82, 2.24) is 15.5 Å². The van der Waals surface area contributed by atoms with Gasteiger partial charge in [-0.1, -0.05) is 44.6 Å². The van der Waals surface area contributed by atoms with Crippen LogP contribution in [0.25, 0.3) is 0 Å². The van der Waals surface area contributed by atoms with Gasteiger partial charge in [0.15, 0.2) is 0 Å². The molecule has 1 atom stereocenters. The van der Waals surface area contributed by atoms with E-state index in [0.29, 0.717) is 11.9 Å². The fraction of sp³-hybridized carbons (Fsp3) is 0.867. The molecule has 1 aromatic rings. The van der Waals surface area contributed by atoms with Gasteiger partial charge in [0.25, 0.3) is 0 Å². The monoisotopic (exact) mass is 280 g/mol. The average Bonchev–Trinajstić information content (AvgIpc) is 2.90. The number of nitrogens with one attached hydrogen (secondary N) is 2. The molecular weight excluding hydrogens is 252 g/mol. The Morgan fingerprint density at radius 2 is 2.00 bits per heavy atom. The number of hydrogen-bond acceptors (Lipinski definition) is 5. The van der Waals surface area contributed by atoms with Crippen LogP contribution in [-0.2, 0) is 0 Å². The van der Waals surface area contributed by atoms with Crippen molar-refractivity contribution in [3.05, 3.63) is 5.89 Å². The Morgan fingerprint density at radius 3 is 2.70 bits per heavy atom. The average molecular weight is 280 g/mol. The first-order valence-corrected chi connectivity index (χ1v) is 7.99. The van der Waals surface area contributed by atoms with E-state index in [4.69, 9.17) is 4.42 Å². The van der Waals surface area contributed by atoms with Crippen molar-refractivity contribution in [3.8, 4) is 0 Å². The summed E-state index contributed by atoms with van der Waals surface area (Å²) in [5, 5.41) is 14.6. The van der Waals surface area contributed by atoms with Gasteiger partial charge >= 0.3 is 6.01 Å². The number of nitrogens with zero attached hydrogens (tertiary/aromatic N) is 2. The first-order valence-electron chi connectivity index (χ1n) is 7.99. The molecule has 20 heavy (non-hydrogen) atoms. The zero-order chi connectivity index (χ0) is 14.4. The molecule has 0 amide bonds. The highest BCUT2D eigenvalue weighted by Gasteiger charge is 2.18. The van der Waals surface area contributed by atoms with Gasteiger partial charge in [-0.2, -0.15) is 0 Å². The van der Waals surface area contributed by atoms with Crippen LogP contribution in [0, 0.1) is 11.8 Å². The largest absolute Gasteiger partial charge is 0.406 e. The lowest BCUT2D eigenvalue weighted by Crippen LogP contribution is -2.17. The van der Waals surface area contributed by atoms with Crippen molar-refractivity contribution < 1.29 is 4.42 Å². The van der Waals surface area contributed by atoms with Crippen LogP contribution in [0.4, 0.5) is 6.01 Å². The Kier molecular flexibility index (Phi) is 5.83. The van der Waals surface area contributed by atoms with Gasteiger partial charge < -0.3 is 15.1 Å². The summed E-state index contributed by atoms with van der Waals surface area (Å²) in [6.07, 6.45) is 6.71. The Bertz CT molecular complexity index is 385. The van der Waals surface area contributed by atoms with Crippen LogP contribution in [0.2, 0.25) is 0 Å². The minimum Gasteiger partial charge on any atom is -0.406 e. The standard InChI is InChI=1S/C15H28N4O/c1-4-16-12(3)14-18-19-15(20-14)17-10-9-13-7-5-11(2)6-8-13/h11-13,16H,4-10H2,1-3H3,(H,17,19). The fourth-order valence-corrected chi connectivity index (χ4v) is 2.88. The molecule has 2 rings (SSSR count). The van der Waals surface area contributed by atoms with Crippen LogP contribution >= 0.6 is 0 Å². The summed E-state index contributed by atoms with van der Waals surface area (Å²) < 4.78 is 5.61. The second kappa shape index (κ2) is 7.62. The molecule has 0 aromatic carbocycles. The Morgan fingerprint density at radius 1 is 1.25 bits per heavy atom. The normalized spacial score (nSPS) is 24.6. The highest BCUT2D eigenvalue weighted by atomic mass is 16.4. The molecule has 1 saturated carbocycles. The number of hydrogen-bond donors (Lipinski definition) is 2. The van der Waals surface area contributed by atoms with E-state index in [1.807, 2.05) is 6.92 Å². The van der Waals surface area contributed by atoms with Crippen molar-refractivity contribution in [2.24, 2.45) is 11.8 Å². The van der Waals surface area contributed by atoms with Crippen molar-refractivity contribution >= 4 is 6.01 Å². The summed E-state index contributed by atoms with van der Waals surface area (Å²) in [4.78, 5) is 0. The van der Waals surface area contributed by atoms with Gasteiger partial charge in [0.05, 0.1) is 6.04 Å². The lowest BCUT2D eigenvalue weighted by Gasteiger charge is -2.25. The molecule has 0 bridgehead atoms. The quantitative estimate of drug-likeness (QED) is 0.801. The van der Waals surface area contributed by atoms with Crippen LogP contribution in [0.1, 0.15) is 64.8 Å². The molecule has 1 aromatic heterocycles. The van der Waals surface area contributed by atoms with Gasteiger partial charge in [-0.15, -0.1) is 5.10 Å². The maximum atomic E-state index is 5.61. The van der Waals surface area contributed by atoms with Crippen LogP contribution in [-0.4, -0.2) is 23.3 Å². The van der Waals surface area contributed by atoms with Crippen LogP contribution in [0.15, 0.2) is 4.42 Å². The van der Waals surface area contributed by atoms with Gasteiger partial charge in [0.2, 0.25) is 5.89 Å². The zero-order valence-corrected chi connectivity index (χ0v) is 13.0. The summed E-state index contributed by atoms with van der Waals surface area (Å²) in [6.45, 7) is 8.28. The molecule has 0 aliphatic heterocycles. The van der Waals surface area contributed by atoms with E-state index in [1.165, 1.54) is 32.1 Å². The topological polar surface area (TPSA) is 63.0 Å². The minimum absolute atomic E-state index is 0.114. The van der Waals surface area contributed by atoms with E-state index >= 15 is 0 Å².